The lowest BCUT2D eigenvalue weighted by Gasteiger charge is -2.25. The maximum absolute atomic E-state index is 12.7. The Balaban J connectivity index is 1.24. The van der Waals surface area contributed by atoms with Crippen LogP contribution >= 0.6 is 0 Å². The smallest absolute Gasteiger partial charge is 0.262 e. The molecule has 0 aliphatic carbocycles. The number of sulfonamides is 1. The normalized spacial score (nSPS) is 14.4. The molecular weight excluding hydrogens is 452 g/mol. The predicted molar refractivity (Wildman–Crippen MR) is 130 cm³/mol. The summed E-state index contributed by atoms with van der Waals surface area (Å²) in [5, 5.41) is 2.77. The van der Waals surface area contributed by atoms with E-state index in [9.17, 15) is 13.2 Å². The molecule has 34 heavy (non-hydrogen) atoms. The average Bonchev–Trinajstić information content (AvgIpc) is 2.88. The van der Waals surface area contributed by atoms with E-state index in [4.69, 9.17) is 9.47 Å². The van der Waals surface area contributed by atoms with Gasteiger partial charge in [-0.05, 0) is 66.9 Å². The van der Waals surface area contributed by atoms with E-state index in [1.807, 2.05) is 30.3 Å². The molecule has 178 valence electrons. The van der Waals surface area contributed by atoms with Crippen LogP contribution in [0.2, 0.25) is 0 Å². The molecule has 1 aliphatic heterocycles. The minimum absolute atomic E-state index is 0.190. The Morgan fingerprint density at radius 1 is 0.794 bits per heavy atom. The zero-order chi connectivity index (χ0) is 23.8. The van der Waals surface area contributed by atoms with Gasteiger partial charge in [-0.15, -0.1) is 0 Å². The van der Waals surface area contributed by atoms with Crippen molar-refractivity contribution in [3.8, 4) is 11.5 Å². The van der Waals surface area contributed by atoms with Crippen molar-refractivity contribution in [2.24, 2.45) is 0 Å². The molecule has 0 aromatic heterocycles. The number of piperidine rings is 1. The van der Waals surface area contributed by atoms with E-state index in [1.165, 1.54) is 16.4 Å². The van der Waals surface area contributed by atoms with Gasteiger partial charge in [0.25, 0.3) is 5.91 Å². The van der Waals surface area contributed by atoms with E-state index >= 15 is 0 Å². The van der Waals surface area contributed by atoms with Gasteiger partial charge in [0.05, 0.1) is 4.90 Å². The van der Waals surface area contributed by atoms with E-state index in [0.717, 1.165) is 24.8 Å². The van der Waals surface area contributed by atoms with Crippen LogP contribution in [-0.2, 0) is 21.4 Å². The van der Waals surface area contributed by atoms with Gasteiger partial charge in [0, 0.05) is 18.8 Å². The Morgan fingerprint density at radius 3 is 2.09 bits per heavy atom. The second-order valence-corrected chi connectivity index (χ2v) is 10.0. The third-order valence-corrected chi connectivity index (χ3v) is 7.45. The third kappa shape index (κ3) is 6.36. The van der Waals surface area contributed by atoms with Crippen molar-refractivity contribution < 1.29 is 22.7 Å². The predicted octanol–water partition coefficient (Wildman–Crippen LogP) is 4.46. The first-order chi connectivity index (χ1) is 16.5. The summed E-state index contributed by atoms with van der Waals surface area (Å²) in [5.41, 5.74) is 1.71. The second-order valence-electron chi connectivity index (χ2n) is 8.07. The lowest BCUT2D eigenvalue weighted by Crippen LogP contribution is -2.35. The largest absolute Gasteiger partial charge is 0.489 e. The van der Waals surface area contributed by atoms with Gasteiger partial charge in [0.2, 0.25) is 10.0 Å². The van der Waals surface area contributed by atoms with Crippen LogP contribution in [-0.4, -0.2) is 38.3 Å². The standard InChI is InChI=1S/C26H28N2O5S/c29-26(27-22-9-11-23(12-10-22)32-19-21-7-3-1-4-8-21)20-33-24-13-15-25(16-14-24)34(30,31)28-17-5-2-6-18-28/h1,3-4,7-16H,2,5-6,17-20H2,(H,27,29). The molecule has 8 heteroatoms. The van der Waals surface area contributed by atoms with Crippen molar-refractivity contribution in [2.75, 3.05) is 25.0 Å². The van der Waals surface area contributed by atoms with Crippen LogP contribution in [0, 0.1) is 0 Å². The quantitative estimate of drug-likeness (QED) is 0.489. The second kappa shape index (κ2) is 11.2. The first-order valence-electron chi connectivity index (χ1n) is 11.3. The monoisotopic (exact) mass is 480 g/mol. The van der Waals surface area contributed by atoms with Crippen molar-refractivity contribution in [3.63, 3.8) is 0 Å². The van der Waals surface area contributed by atoms with Gasteiger partial charge in [-0.2, -0.15) is 4.31 Å². The first-order valence-corrected chi connectivity index (χ1v) is 12.7. The number of benzene rings is 3. The highest BCUT2D eigenvalue weighted by Crippen LogP contribution is 2.23. The molecule has 3 aromatic rings. The number of amides is 1. The van der Waals surface area contributed by atoms with Crippen molar-refractivity contribution in [1.29, 1.82) is 0 Å². The fourth-order valence-electron chi connectivity index (χ4n) is 3.68. The summed E-state index contributed by atoms with van der Waals surface area (Å²) < 4.78 is 38.2. The fourth-order valence-corrected chi connectivity index (χ4v) is 5.20. The van der Waals surface area contributed by atoms with E-state index in [-0.39, 0.29) is 17.4 Å². The number of hydrogen-bond acceptors (Lipinski definition) is 5. The third-order valence-electron chi connectivity index (χ3n) is 5.53. The van der Waals surface area contributed by atoms with E-state index in [2.05, 4.69) is 5.32 Å². The van der Waals surface area contributed by atoms with Gasteiger partial charge >= 0.3 is 0 Å². The lowest BCUT2D eigenvalue weighted by molar-refractivity contribution is -0.118. The molecule has 1 amide bonds. The topological polar surface area (TPSA) is 84.9 Å². The minimum Gasteiger partial charge on any atom is -0.489 e. The summed E-state index contributed by atoms with van der Waals surface area (Å²) in [7, 11) is -3.49. The number of ether oxygens (including phenoxy) is 2. The van der Waals surface area contributed by atoms with Crippen LogP contribution < -0.4 is 14.8 Å². The van der Waals surface area contributed by atoms with Crippen LogP contribution in [0.4, 0.5) is 5.69 Å². The molecule has 0 spiro atoms. The molecule has 0 radical (unpaired) electrons. The summed E-state index contributed by atoms with van der Waals surface area (Å²) >= 11 is 0. The van der Waals surface area contributed by atoms with Crippen molar-refractivity contribution >= 4 is 21.6 Å². The highest BCUT2D eigenvalue weighted by Gasteiger charge is 2.25. The molecule has 4 rings (SSSR count). The number of carbonyl (C=O) groups is 1. The molecule has 7 nitrogen and oxygen atoms in total. The molecule has 1 heterocycles. The number of nitrogens with zero attached hydrogens (tertiary/aromatic N) is 1. The summed E-state index contributed by atoms with van der Waals surface area (Å²) in [4.78, 5) is 12.5. The molecule has 0 saturated carbocycles. The van der Waals surface area contributed by atoms with Gasteiger partial charge in [0.1, 0.15) is 18.1 Å². The first kappa shape index (κ1) is 23.8. The molecule has 1 aliphatic rings. The Kier molecular flexibility index (Phi) is 7.82. The zero-order valence-corrected chi connectivity index (χ0v) is 19.7. The molecule has 1 fully saturated rings. The summed E-state index contributed by atoms with van der Waals surface area (Å²) in [5.74, 6) is 0.818. The zero-order valence-electron chi connectivity index (χ0n) is 18.9. The van der Waals surface area contributed by atoms with Gasteiger partial charge in [-0.25, -0.2) is 8.42 Å². The van der Waals surface area contributed by atoms with E-state index in [1.54, 1.807) is 36.4 Å². The van der Waals surface area contributed by atoms with Crippen LogP contribution in [0.3, 0.4) is 0 Å². The van der Waals surface area contributed by atoms with Gasteiger partial charge in [0.15, 0.2) is 6.61 Å². The van der Waals surface area contributed by atoms with Crippen LogP contribution in [0.1, 0.15) is 24.8 Å². The van der Waals surface area contributed by atoms with Crippen LogP contribution in [0.25, 0.3) is 0 Å². The minimum atomic E-state index is -3.49. The van der Waals surface area contributed by atoms with Crippen LogP contribution in [0.15, 0.2) is 83.8 Å². The molecule has 0 atom stereocenters. The number of hydrogen-bond donors (Lipinski definition) is 1. The van der Waals surface area contributed by atoms with Crippen LogP contribution in [0.5, 0.6) is 11.5 Å². The van der Waals surface area contributed by atoms with Crippen molar-refractivity contribution in [2.45, 2.75) is 30.8 Å². The molecule has 1 N–H and O–H groups in total. The van der Waals surface area contributed by atoms with E-state index in [0.29, 0.717) is 36.9 Å². The average molecular weight is 481 g/mol. The highest BCUT2D eigenvalue weighted by molar-refractivity contribution is 7.89. The number of carbonyl (C=O) groups excluding carboxylic acids is 1. The summed E-state index contributed by atoms with van der Waals surface area (Å²) in [6.07, 6.45) is 2.84. The summed E-state index contributed by atoms with van der Waals surface area (Å²) in [6.45, 7) is 1.39. The number of anilines is 1. The number of rotatable bonds is 9. The Hall–Kier alpha value is -3.36. The SMILES string of the molecule is O=C(COc1ccc(S(=O)(=O)N2CCCCC2)cc1)Nc1ccc(OCc2ccccc2)cc1. The molecule has 3 aromatic carbocycles. The van der Waals surface area contributed by atoms with Gasteiger partial charge in [-0.1, -0.05) is 36.8 Å². The molecule has 1 saturated heterocycles. The number of nitrogens with one attached hydrogen (secondary N) is 1. The van der Waals surface area contributed by atoms with Crippen molar-refractivity contribution in [1.82, 2.24) is 4.31 Å². The van der Waals surface area contributed by atoms with E-state index < -0.39 is 10.0 Å². The Labute approximate surface area is 200 Å². The van der Waals surface area contributed by atoms with Gasteiger partial charge < -0.3 is 14.8 Å². The Morgan fingerprint density at radius 2 is 1.41 bits per heavy atom. The van der Waals surface area contributed by atoms with Gasteiger partial charge in [-0.3, -0.25) is 4.79 Å². The Bertz CT molecular complexity index is 1170. The molecule has 0 unspecified atom stereocenters. The van der Waals surface area contributed by atoms with Crippen molar-refractivity contribution in [3.05, 3.63) is 84.4 Å². The highest BCUT2D eigenvalue weighted by atomic mass is 32.2. The summed E-state index contributed by atoms with van der Waals surface area (Å²) in [6, 6.07) is 23.2. The fraction of sp³-hybridized carbons (Fsp3) is 0.269. The molecule has 0 bridgehead atoms. The maximum atomic E-state index is 12.7. The molecular formula is C26H28N2O5S. The lowest BCUT2D eigenvalue weighted by atomic mass is 10.2. The maximum Gasteiger partial charge on any atom is 0.262 e.